The van der Waals surface area contributed by atoms with E-state index in [1.54, 1.807) is 37.9 Å². The van der Waals surface area contributed by atoms with Crippen molar-refractivity contribution >= 4 is 17.8 Å². The van der Waals surface area contributed by atoms with E-state index in [1.807, 2.05) is 23.2 Å². The third-order valence-electron chi connectivity index (χ3n) is 4.84. The largest absolute Gasteiger partial charge is 0.493 e. The number of piperidine rings is 1. The molecule has 1 aliphatic heterocycles. The summed E-state index contributed by atoms with van der Waals surface area (Å²) in [6, 6.07) is 9.00. The van der Waals surface area contributed by atoms with Gasteiger partial charge in [-0.3, -0.25) is 14.8 Å². The van der Waals surface area contributed by atoms with Crippen LogP contribution in [0.1, 0.15) is 38.7 Å². The van der Waals surface area contributed by atoms with Crippen molar-refractivity contribution in [1.29, 1.82) is 0 Å². The molecule has 168 valence electrons. The lowest BCUT2D eigenvalue weighted by Gasteiger charge is -2.32. The molecule has 1 saturated heterocycles. The molecule has 31 heavy (non-hydrogen) atoms. The van der Waals surface area contributed by atoms with Gasteiger partial charge in [0.2, 0.25) is 5.91 Å². The molecular formula is C23H32N4O4. The number of hydrogen-bond acceptors (Lipinski definition) is 6. The molecule has 0 radical (unpaired) electrons. The van der Waals surface area contributed by atoms with Crippen LogP contribution < -0.4 is 14.8 Å². The van der Waals surface area contributed by atoms with Crippen LogP contribution in [0, 0.1) is 5.92 Å². The Labute approximate surface area is 183 Å². The van der Waals surface area contributed by atoms with Gasteiger partial charge < -0.3 is 20.3 Å². The molecule has 0 spiro atoms. The number of ether oxygens (including phenoxy) is 2. The van der Waals surface area contributed by atoms with E-state index in [9.17, 15) is 4.79 Å². The number of anilines is 1. The third kappa shape index (κ3) is 6.96. The monoisotopic (exact) mass is 428 g/mol. The van der Waals surface area contributed by atoms with Gasteiger partial charge in [-0.05, 0) is 61.1 Å². The summed E-state index contributed by atoms with van der Waals surface area (Å²) in [4.78, 5) is 16.8. The quantitative estimate of drug-likeness (QED) is 0.650. The van der Waals surface area contributed by atoms with Crippen molar-refractivity contribution in [1.82, 2.24) is 9.99 Å². The van der Waals surface area contributed by atoms with Crippen LogP contribution in [-0.2, 0) is 4.79 Å². The van der Waals surface area contributed by atoms with Gasteiger partial charge in [0.25, 0.3) is 0 Å². The van der Waals surface area contributed by atoms with Gasteiger partial charge in [-0.2, -0.15) is 5.10 Å². The Kier molecular flexibility index (Phi) is 9.27. The van der Waals surface area contributed by atoms with Crippen LogP contribution in [0.3, 0.4) is 0 Å². The number of pyridine rings is 1. The average molecular weight is 429 g/mol. The molecule has 0 saturated carbocycles. The fraction of sp³-hybridized carbons (Fsp3) is 0.435. The lowest BCUT2D eigenvalue weighted by atomic mass is 10.0. The van der Waals surface area contributed by atoms with E-state index < -0.39 is 0 Å². The predicted molar refractivity (Wildman–Crippen MR) is 122 cm³/mol. The summed E-state index contributed by atoms with van der Waals surface area (Å²) < 4.78 is 11.3. The van der Waals surface area contributed by atoms with Gasteiger partial charge in [-0.25, -0.2) is 0 Å². The van der Waals surface area contributed by atoms with Crippen LogP contribution in [0.4, 0.5) is 5.69 Å². The molecular weight excluding hydrogens is 396 g/mol. The van der Waals surface area contributed by atoms with Crippen LogP contribution in [-0.4, -0.2) is 53.9 Å². The molecule has 2 aromatic rings. The van der Waals surface area contributed by atoms with E-state index in [1.165, 1.54) is 0 Å². The Hall–Kier alpha value is -3.13. The summed E-state index contributed by atoms with van der Waals surface area (Å²) >= 11 is 0. The van der Waals surface area contributed by atoms with Gasteiger partial charge in [0.1, 0.15) is 6.04 Å². The number of hydrazone groups is 1. The molecule has 1 amide bonds. The Bertz CT molecular complexity index is 858. The van der Waals surface area contributed by atoms with Crippen molar-refractivity contribution in [2.45, 2.75) is 39.2 Å². The molecule has 8 nitrogen and oxygen atoms in total. The van der Waals surface area contributed by atoms with Gasteiger partial charge in [0.15, 0.2) is 11.5 Å². The second-order valence-electron chi connectivity index (χ2n) is 7.76. The number of amides is 1. The summed E-state index contributed by atoms with van der Waals surface area (Å²) in [6.45, 7) is 5.56. The minimum absolute atomic E-state index is 0. The van der Waals surface area contributed by atoms with Crippen molar-refractivity contribution in [3.8, 4) is 11.5 Å². The molecule has 1 aliphatic rings. The second-order valence-corrected chi connectivity index (χ2v) is 7.76. The highest BCUT2D eigenvalue weighted by Gasteiger charge is 2.27. The highest BCUT2D eigenvalue weighted by molar-refractivity contribution is 5.95. The van der Waals surface area contributed by atoms with Crippen LogP contribution in [0.15, 0.2) is 47.8 Å². The minimum atomic E-state index is -0.293. The number of aromatic nitrogens is 1. The first-order valence-corrected chi connectivity index (χ1v) is 10.4. The molecule has 2 heterocycles. The molecule has 1 aromatic heterocycles. The van der Waals surface area contributed by atoms with E-state index in [2.05, 4.69) is 29.2 Å². The number of rotatable bonds is 8. The summed E-state index contributed by atoms with van der Waals surface area (Å²) in [5, 5.41) is 9.46. The first-order chi connectivity index (χ1) is 14.6. The van der Waals surface area contributed by atoms with Gasteiger partial charge in [0, 0.05) is 24.6 Å². The smallest absolute Gasteiger partial charge is 0.248 e. The molecule has 3 rings (SSSR count). The Balaban J connectivity index is 0.00000341. The maximum absolute atomic E-state index is 12.8. The molecule has 1 fully saturated rings. The van der Waals surface area contributed by atoms with Crippen molar-refractivity contribution < 1.29 is 19.7 Å². The fourth-order valence-corrected chi connectivity index (χ4v) is 3.27. The fourth-order valence-electron chi connectivity index (χ4n) is 3.27. The molecule has 1 aromatic carbocycles. The first-order valence-electron chi connectivity index (χ1n) is 10.4. The first kappa shape index (κ1) is 24.1. The zero-order chi connectivity index (χ0) is 21.3. The van der Waals surface area contributed by atoms with E-state index >= 15 is 0 Å². The second kappa shape index (κ2) is 11.9. The topological polar surface area (TPSA) is 108 Å². The Morgan fingerprint density at radius 1 is 1.26 bits per heavy atom. The standard InChI is InChI=1S/C23H30N4O3.H2O/c1-17(2)16-30-22-14-18(7-8-21(22)29-3)15-25-27-13-5-4-6-20(27)23(28)26-19-9-11-24-12-10-19;/h7-12,14-15,17,20H,4-6,13,16H2,1-3H3,(H,24,26,28);1H2/b25-15+;. The lowest BCUT2D eigenvalue weighted by Crippen LogP contribution is -2.44. The summed E-state index contributed by atoms with van der Waals surface area (Å²) in [5.41, 5.74) is 1.64. The SMILES string of the molecule is COc1ccc(/C=N/N2CCCCC2C(=O)Nc2ccncc2)cc1OCC(C)C.O. The van der Waals surface area contributed by atoms with Crippen molar-refractivity contribution in [2.75, 3.05) is 25.6 Å². The molecule has 1 unspecified atom stereocenters. The van der Waals surface area contributed by atoms with Crippen molar-refractivity contribution in [3.05, 3.63) is 48.3 Å². The normalized spacial score (nSPS) is 16.1. The van der Waals surface area contributed by atoms with E-state index in [4.69, 9.17) is 9.47 Å². The third-order valence-corrected chi connectivity index (χ3v) is 4.84. The number of benzene rings is 1. The summed E-state index contributed by atoms with van der Waals surface area (Å²) in [5.74, 6) is 1.76. The van der Waals surface area contributed by atoms with Gasteiger partial charge in [-0.1, -0.05) is 13.8 Å². The Morgan fingerprint density at radius 3 is 2.74 bits per heavy atom. The highest BCUT2D eigenvalue weighted by atomic mass is 16.5. The molecule has 8 heteroatoms. The van der Waals surface area contributed by atoms with Crippen LogP contribution in [0.25, 0.3) is 0 Å². The number of nitrogens with zero attached hydrogens (tertiary/aromatic N) is 3. The number of carbonyl (C=O) groups is 1. The molecule has 0 bridgehead atoms. The number of nitrogens with one attached hydrogen (secondary N) is 1. The van der Waals surface area contributed by atoms with Gasteiger partial charge in [-0.15, -0.1) is 0 Å². The van der Waals surface area contributed by atoms with Gasteiger partial charge in [0.05, 0.1) is 19.9 Å². The minimum Gasteiger partial charge on any atom is -0.493 e. The van der Waals surface area contributed by atoms with Crippen LogP contribution in [0.2, 0.25) is 0 Å². The van der Waals surface area contributed by atoms with Crippen molar-refractivity contribution in [3.63, 3.8) is 0 Å². The van der Waals surface area contributed by atoms with E-state index in [0.717, 1.165) is 37.1 Å². The maximum Gasteiger partial charge on any atom is 0.248 e. The zero-order valence-corrected chi connectivity index (χ0v) is 18.4. The number of hydrogen-bond donors (Lipinski definition) is 1. The lowest BCUT2D eigenvalue weighted by molar-refractivity contribution is -0.122. The van der Waals surface area contributed by atoms with Gasteiger partial charge >= 0.3 is 0 Å². The molecule has 3 N–H and O–H groups in total. The summed E-state index contributed by atoms with van der Waals surface area (Å²) in [7, 11) is 1.63. The van der Waals surface area contributed by atoms with E-state index in [-0.39, 0.29) is 17.4 Å². The zero-order valence-electron chi connectivity index (χ0n) is 18.4. The Morgan fingerprint density at radius 2 is 2.03 bits per heavy atom. The van der Waals surface area contributed by atoms with E-state index in [0.29, 0.717) is 24.0 Å². The van der Waals surface area contributed by atoms with Crippen LogP contribution in [0.5, 0.6) is 11.5 Å². The maximum atomic E-state index is 12.8. The molecule has 1 atom stereocenters. The average Bonchev–Trinajstić information content (AvgIpc) is 2.77. The number of carbonyl (C=O) groups excluding carboxylic acids is 1. The van der Waals surface area contributed by atoms with Crippen LogP contribution >= 0.6 is 0 Å². The van der Waals surface area contributed by atoms with Crippen molar-refractivity contribution in [2.24, 2.45) is 11.0 Å². The molecule has 0 aliphatic carbocycles. The summed E-state index contributed by atoms with van der Waals surface area (Å²) in [6.07, 6.45) is 7.90. The predicted octanol–water partition coefficient (Wildman–Crippen LogP) is 3.13. The highest BCUT2D eigenvalue weighted by Crippen LogP contribution is 2.28. The number of methoxy groups -OCH3 is 1.